The molecular weight excluding hydrogens is 237 g/mol. The lowest BCUT2D eigenvalue weighted by Gasteiger charge is -2.07. The van der Waals surface area contributed by atoms with Gasteiger partial charge in [0.2, 0.25) is 0 Å². The van der Waals surface area contributed by atoms with E-state index in [9.17, 15) is 4.79 Å². The minimum atomic E-state index is -4.64. The summed E-state index contributed by atoms with van der Waals surface area (Å²) in [4.78, 5) is 32.7. The molecule has 2 unspecified atom stereocenters. The van der Waals surface area contributed by atoms with E-state index >= 15 is 0 Å². The van der Waals surface area contributed by atoms with Crippen molar-refractivity contribution in [2.24, 2.45) is 11.7 Å². The van der Waals surface area contributed by atoms with Crippen LogP contribution < -0.4 is 5.73 Å². The van der Waals surface area contributed by atoms with Crippen molar-refractivity contribution in [2.45, 2.75) is 18.9 Å². The van der Waals surface area contributed by atoms with Crippen molar-refractivity contribution < 1.29 is 28.8 Å². The fourth-order valence-electron chi connectivity index (χ4n) is 1.10. The Hall–Kier alpha value is -0.720. The highest BCUT2D eigenvalue weighted by Gasteiger charge is 2.56. The first-order valence-corrected chi connectivity index (χ1v) is 6.08. The summed E-state index contributed by atoms with van der Waals surface area (Å²) in [5.74, 6) is -0.188. The van der Waals surface area contributed by atoms with Gasteiger partial charge in [0.25, 0.3) is 0 Å². The second-order valence-corrected chi connectivity index (χ2v) is 4.35. The molecule has 0 amide bonds. The molecule has 0 aromatic rings. The van der Waals surface area contributed by atoms with Crippen LogP contribution in [0.3, 0.4) is 0 Å². The Kier molecular flexibility index (Phi) is 5.31. The van der Waals surface area contributed by atoms with Gasteiger partial charge < -0.3 is 25.2 Å². The van der Waals surface area contributed by atoms with Gasteiger partial charge in [0.05, 0.1) is 6.61 Å². The zero-order valence-electron chi connectivity index (χ0n) is 8.87. The largest absolute Gasteiger partial charge is 0.466 e. The van der Waals surface area contributed by atoms with Crippen LogP contribution in [0.25, 0.3) is 0 Å². The Morgan fingerprint density at radius 1 is 1.69 bits per heavy atom. The van der Waals surface area contributed by atoms with Crippen LogP contribution in [0.5, 0.6) is 0 Å². The average molecular weight is 253 g/mol. The molecule has 2 atom stereocenters. The molecule has 7 nitrogen and oxygen atoms in total. The van der Waals surface area contributed by atoms with E-state index in [-0.39, 0.29) is 11.9 Å². The van der Waals surface area contributed by atoms with E-state index in [2.05, 4.69) is 6.58 Å². The van der Waals surface area contributed by atoms with Crippen molar-refractivity contribution in [1.82, 2.24) is 0 Å². The van der Waals surface area contributed by atoms with Gasteiger partial charge in [0.1, 0.15) is 5.54 Å². The van der Waals surface area contributed by atoms with Gasteiger partial charge in [-0.3, -0.25) is 4.79 Å². The minimum Gasteiger partial charge on any atom is -0.465 e. The average Bonchev–Trinajstić information content (AvgIpc) is 2.76. The van der Waals surface area contributed by atoms with Crippen molar-refractivity contribution in [3.63, 3.8) is 0 Å². The third-order valence-corrected chi connectivity index (χ3v) is 2.00. The van der Waals surface area contributed by atoms with Gasteiger partial charge in [-0.25, -0.2) is 4.57 Å². The third kappa shape index (κ3) is 5.39. The Labute approximate surface area is 93.2 Å². The standard InChI is InChI=1S/C8H13NO2.H3O4P/c1-3-6-5-8(6,9)7(10)11-4-2;1-5(2,3)4/h3,6H,1,4-5,9H2,2H3;(H3,1,2,3,4). The van der Waals surface area contributed by atoms with Gasteiger partial charge in [0.15, 0.2) is 0 Å². The molecule has 94 valence electrons. The number of phosphoric acid groups is 1. The first-order chi connectivity index (χ1) is 7.15. The van der Waals surface area contributed by atoms with Crippen LogP contribution in [-0.4, -0.2) is 32.8 Å². The van der Waals surface area contributed by atoms with Crippen LogP contribution in [0, 0.1) is 5.92 Å². The molecule has 0 bridgehead atoms. The summed E-state index contributed by atoms with van der Waals surface area (Å²) in [6.07, 6.45) is 2.38. The molecule has 5 N–H and O–H groups in total. The lowest BCUT2D eigenvalue weighted by atomic mass is 10.2. The van der Waals surface area contributed by atoms with Crippen LogP contribution in [0.15, 0.2) is 12.7 Å². The summed E-state index contributed by atoms with van der Waals surface area (Å²) in [5.41, 5.74) is 4.93. The lowest BCUT2D eigenvalue weighted by Crippen LogP contribution is -2.36. The molecule has 1 saturated carbocycles. The molecular formula is C8H16NO6P. The molecule has 0 heterocycles. The van der Waals surface area contributed by atoms with Crippen molar-refractivity contribution in [1.29, 1.82) is 0 Å². The van der Waals surface area contributed by atoms with Gasteiger partial charge in [-0.05, 0) is 13.3 Å². The molecule has 1 fully saturated rings. The first-order valence-electron chi connectivity index (χ1n) is 4.52. The van der Waals surface area contributed by atoms with Crippen molar-refractivity contribution in [3.05, 3.63) is 12.7 Å². The maximum Gasteiger partial charge on any atom is 0.466 e. The van der Waals surface area contributed by atoms with Crippen LogP contribution in [0.4, 0.5) is 0 Å². The molecule has 16 heavy (non-hydrogen) atoms. The topological polar surface area (TPSA) is 130 Å². The summed E-state index contributed by atoms with van der Waals surface area (Å²) in [7, 11) is -4.64. The molecule has 0 aromatic heterocycles. The monoisotopic (exact) mass is 253 g/mol. The second kappa shape index (κ2) is 5.56. The summed E-state index contributed by atoms with van der Waals surface area (Å²) in [6, 6.07) is 0. The Morgan fingerprint density at radius 3 is 2.38 bits per heavy atom. The number of ether oxygens (including phenoxy) is 1. The Balaban J connectivity index is 0.000000385. The third-order valence-electron chi connectivity index (χ3n) is 2.00. The maximum absolute atomic E-state index is 11.1. The fraction of sp³-hybridized carbons (Fsp3) is 0.625. The predicted molar refractivity (Wildman–Crippen MR) is 56.1 cm³/mol. The smallest absolute Gasteiger partial charge is 0.465 e. The minimum absolute atomic E-state index is 0.113. The summed E-state index contributed by atoms with van der Waals surface area (Å²) in [5, 5.41) is 0. The summed E-state index contributed by atoms with van der Waals surface area (Å²) < 4.78 is 13.7. The highest BCUT2D eigenvalue weighted by Crippen LogP contribution is 2.42. The molecule has 0 radical (unpaired) electrons. The van der Waals surface area contributed by atoms with E-state index in [0.717, 1.165) is 0 Å². The number of rotatable bonds is 3. The molecule has 0 saturated heterocycles. The van der Waals surface area contributed by atoms with E-state index in [0.29, 0.717) is 13.0 Å². The SMILES string of the molecule is C=CC1CC1(N)C(=O)OCC.O=P(O)(O)O. The predicted octanol–water partition coefficient (Wildman–Crippen LogP) is -0.476. The quantitative estimate of drug-likeness (QED) is 0.303. The van der Waals surface area contributed by atoms with Gasteiger partial charge in [-0.2, -0.15) is 0 Å². The highest BCUT2D eigenvalue weighted by atomic mass is 31.2. The summed E-state index contributed by atoms with van der Waals surface area (Å²) in [6.45, 7) is 5.73. The van der Waals surface area contributed by atoms with Gasteiger partial charge in [-0.1, -0.05) is 6.08 Å². The fourth-order valence-corrected chi connectivity index (χ4v) is 1.10. The number of hydrogen-bond donors (Lipinski definition) is 4. The van der Waals surface area contributed by atoms with Gasteiger partial charge >= 0.3 is 13.8 Å². The zero-order valence-corrected chi connectivity index (χ0v) is 9.76. The van der Waals surface area contributed by atoms with E-state index in [1.54, 1.807) is 13.0 Å². The van der Waals surface area contributed by atoms with E-state index in [4.69, 9.17) is 29.7 Å². The maximum atomic E-state index is 11.1. The van der Waals surface area contributed by atoms with Crippen molar-refractivity contribution in [2.75, 3.05) is 6.61 Å². The molecule has 1 rings (SSSR count). The van der Waals surface area contributed by atoms with Gasteiger partial charge in [0, 0.05) is 5.92 Å². The van der Waals surface area contributed by atoms with E-state index < -0.39 is 13.4 Å². The van der Waals surface area contributed by atoms with Crippen molar-refractivity contribution in [3.8, 4) is 0 Å². The van der Waals surface area contributed by atoms with E-state index in [1.807, 2.05) is 0 Å². The summed E-state index contributed by atoms with van der Waals surface area (Å²) >= 11 is 0. The van der Waals surface area contributed by atoms with E-state index in [1.165, 1.54) is 0 Å². The van der Waals surface area contributed by atoms with Crippen LogP contribution in [0.2, 0.25) is 0 Å². The molecule has 0 aliphatic heterocycles. The molecule has 8 heteroatoms. The first kappa shape index (κ1) is 15.3. The molecule has 0 spiro atoms. The Bertz CT molecular complexity index is 305. The molecule has 1 aliphatic rings. The lowest BCUT2D eigenvalue weighted by molar-refractivity contribution is -0.146. The number of nitrogens with two attached hydrogens (primary N) is 1. The normalized spacial score (nSPS) is 27.4. The Morgan fingerprint density at radius 2 is 2.12 bits per heavy atom. The molecule has 0 aromatic carbocycles. The van der Waals surface area contributed by atoms with Crippen molar-refractivity contribution >= 4 is 13.8 Å². The number of carbonyl (C=O) groups excluding carboxylic acids is 1. The zero-order chi connectivity index (χ0) is 13.0. The number of hydrogen-bond acceptors (Lipinski definition) is 4. The second-order valence-electron chi connectivity index (χ2n) is 3.32. The highest BCUT2D eigenvalue weighted by molar-refractivity contribution is 7.45. The van der Waals surface area contributed by atoms with Crippen LogP contribution in [0.1, 0.15) is 13.3 Å². The molecule has 1 aliphatic carbocycles. The van der Waals surface area contributed by atoms with Crippen LogP contribution >= 0.6 is 7.82 Å². The number of esters is 1. The number of carbonyl (C=O) groups is 1. The van der Waals surface area contributed by atoms with Gasteiger partial charge in [-0.15, -0.1) is 6.58 Å². The van der Waals surface area contributed by atoms with Crippen LogP contribution in [-0.2, 0) is 14.1 Å².